The first kappa shape index (κ1) is 14.0. The van der Waals surface area contributed by atoms with Crippen molar-refractivity contribution < 1.29 is 14.2 Å². The van der Waals surface area contributed by atoms with Crippen molar-refractivity contribution in [1.29, 1.82) is 5.41 Å². The summed E-state index contributed by atoms with van der Waals surface area (Å²) in [6.45, 7) is 0.0594. The predicted octanol–water partition coefficient (Wildman–Crippen LogP) is 2.18. The van der Waals surface area contributed by atoms with Crippen molar-refractivity contribution in [3.8, 4) is 5.75 Å². The Morgan fingerprint density at radius 2 is 1.90 bits per heavy atom. The van der Waals surface area contributed by atoms with Crippen molar-refractivity contribution >= 4 is 5.84 Å². The minimum Gasteiger partial charge on any atom is -0.489 e. The summed E-state index contributed by atoms with van der Waals surface area (Å²) in [7, 11) is 0. The molecule has 2 rings (SSSR count). The summed E-state index contributed by atoms with van der Waals surface area (Å²) in [4.78, 5) is 0. The Balaban J connectivity index is 2.04. The maximum absolute atomic E-state index is 13.8. The van der Waals surface area contributed by atoms with Crippen molar-refractivity contribution in [3.05, 3.63) is 65.0 Å². The van der Waals surface area contributed by atoms with E-state index in [1.807, 2.05) is 0 Å². The second kappa shape index (κ2) is 6.16. The molecule has 0 atom stereocenters. The lowest BCUT2D eigenvalue weighted by Crippen LogP contribution is -2.12. The minimum atomic E-state index is -0.454. The summed E-state index contributed by atoms with van der Waals surface area (Å²) in [5.41, 5.74) is 6.81. The van der Waals surface area contributed by atoms with Crippen molar-refractivity contribution in [2.45, 2.75) is 13.2 Å². The molecule has 0 aliphatic rings. The molecule has 20 heavy (non-hydrogen) atoms. The average Bonchev–Trinajstić information content (AvgIpc) is 2.46. The minimum absolute atomic E-state index is 0.0264. The van der Waals surface area contributed by atoms with Gasteiger partial charge in [-0.25, -0.2) is 4.39 Å². The first-order valence-corrected chi connectivity index (χ1v) is 6.05. The number of hydrogen-bond acceptors (Lipinski definition) is 3. The standard InChI is InChI=1S/C15H15FN2O2/c16-14-7-11(15(17)18)3-4-12(14)9-20-13-5-1-10(8-19)2-6-13/h1-7,19H,8-9H2,(H3,17,18). The van der Waals surface area contributed by atoms with E-state index in [-0.39, 0.29) is 19.0 Å². The van der Waals surface area contributed by atoms with E-state index < -0.39 is 5.82 Å². The van der Waals surface area contributed by atoms with Gasteiger partial charge in [-0.3, -0.25) is 5.41 Å². The fourth-order valence-corrected chi connectivity index (χ4v) is 1.68. The number of aliphatic hydroxyl groups is 1. The van der Waals surface area contributed by atoms with Crippen LogP contribution in [-0.4, -0.2) is 10.9 Å². The smallest absolute Gasteiger partial charge is 0.130 e. The van der Waals surface area contributed by atoms with Crippen LogP contribution in [0.3, 0.4) is 0 Å². The Hall–Kier alpha value is -2.40. The van der Waals surface area contributed by atoms with E-state index in [4.69, 9.17) is 21.0 Å². The molecule has 4 nitrogen and oxygen atoms in total. The van der Waals surface area contributed by atoms with Crippen LogP contribution in [0.1, 0.15) is 16.7 Å². The quantitative estimate of drug-likeness (QED) is 0.577. The summed E-state index contributed by atoms with van der Waals surface area (Å²) in [5.74, 6) is -0.0297. The van der Waals surface area contributed by atoms with Gasteiger partial charge >= 0.3 is 0 Å². The molecule has 0 saturated heterocycles. The molecule has 0 heterocycles. The maximum atomic E-state index is 13.8. The highest BCUT2D eigenvalue weighted by atomic mass is 19.1. The Labute approximate surface area is 116 Å². The Bertz CT molecular complexity index is 612. The van der Waals surface area contributed by atoms with Gasteiger partial charge in [0.15, 0.2) is 0 Å². The van der Waals surface area contributed by atoms with E-state index >= 15 is 0 Å². The second-order valence-electron chi connectivity index (χ2n) is 4.31. The Morgan fingerprint density at radius 1 is 1.20 bits per heavy atom. The highest BCUT2D eigenvalue weighted by Gasteiger charge is 2.06. The molecular weight excluding hydrogens is 259 g/mol. The largest absolute Gasteiger partial charge is 0.489 e. The number of ether oxygens (including phenoxy) is 1. The van der Waals surface area contributed by atoms with Gasteiger partial charge in [0.2, 0.25) is 0 Å². The van der Waals surface area contributed by atoms with E-state index in [9.17, 15) is 4.39 Å². The molecule has 104 valence electrons. The van der Waals surface area contributed by atoms with Crippen LogP contribution in [0.5, 0.6) is 5.75 Å². The van der Waals surface area contributed by atoms with Crippen molar-refractivity contribution in [2.75, 3.05) is 0 Å². The summed E-state index contributed by atoms with van der Waals surface area (Å²) < 4.78 is 19.2. The molecule has 0 fully saturated rings. The monoisotopic (exact) mass is 274 g/mol. The van der Waals surface area contributed by atoms with Crippen LogP contribution in [0.15, 0.2) is 42.5 Å². The van der Waals surface area contributed by atoms with Gasteiger partial charge in [0.05, 0.1) is 6.61 Å². The number of halogens is 1. The summed E-state index contributed by atoms with van der Waals surface area (Å²) in [6.07, 6.45) is 0. The maximum Gasteiger partial charge on any atom is 0.130 e. The molecule has 0 aliphatic heterocycles. The molecule has 0 amide bonds. The van der Waals surface area contributed by atoms with Gasteiger partial charge in [-0.05, 0) is 23.8 Å². The molecule has 2 aromatic carbocycles. The molecule has 0 aromatic heterocycles. The van der Waals surface area contributed by atoms with Crippen LogP contribution < -0.4 is 10.5 Å². The topological polar surface area (TPSA) is 79.3 Å². The summed E-state index contributed by atoms with van der Waals surface area (Å²) in [5, 5.41) is 16.2. The number of nitrogen functional groups attached to an aromatic ring is 1. The fourth-order valence-electron chi connectivity index (χ4n) is 1.68. The Morgan fingerprint density at radius 3 is 2.45 bits per heavy atom. The molecule has 0 radical (unpaired) electrons. The zero-order valence-corrected chi connectivity index (χ0v) is 10.8. The van der Waals surface area contributed by atoms with Crippen LogP contribution in [0.2, 0.25) is 0 Å². The zero-order chi connectivity index (χ0) is 14.5. The van der Waals surface area contributed by atoms with Crippen LogP contribution in [0, 0.1) is 11.2 Å². The van der Waals surface area contributed by atoms with Crippen molar-refractivity contribution in [1.82, 2.24) is 0 Å². The van der Waals surface area contributed by atoms with Crippen molar-refractivity contribution in [3.63, 3.8) is 0 Å². The number of aliphatic hydroxyl groups excluding tert-OH is 1. The van der Waals surface area contributed by atoms with Gasteiger partial charge in [-0.15, -0.1) is 0 Å². The SMILES string of the molecule is N=C(N)c1ccc(COc2ccc(CO)cc2)c(F)c1. The first-order valence-electron chi connectivity index (χ1n) is 6.05. The third-order valence-corrected chi connectivity index (χ3v) is 2.86. The molecule has 0 bridgehead atoms. The second-order valence-corrected chi connectivity index (χ2v) is 4.31. The number of benzene rings is 2. The summed E-state index contributed by atoms with van der Waals surface area (Å²) in [6, 6.07) is 11.3. The van der Waals surface area contributed by atoms with Gasteiger partial charge in [0, 0.05) is 11.1 Å². The van der Waals surface area contributed by atoms with Gasteiger partial charge in [-0.2, -0.15) is 0 Å². The highest BCUT2D eigenvalue weighted by molar-refractivity contribution is 5.94. The molecule has 2 aromatic rings. The van der Waals surface area contributed by atoms with Gasteiger partial charge < -0.3 is 15.6 Å². The lowest BCUT2D eigenvalue weighted by Gasteiger charge is -2.08. The fraction of sp³-hybridized carbons (Fsp3) is 0.133. The molecule has 0 spiro atoms. The number of hydrogen-bond donors (Lipinski definition) is 3. The zero-order valence-electron chi connectivity index (χ0n) is 10.8. The number of rotatable bonds is 5. The van der Waals surface area contributed by atoms with E-state index in [2.05, 4.69) is 0 Å². The van der Waals surface area contributed by atoms with Crippen LogP contribution in [-0.2, 0) is 13.2 Å². The third-order valence-electron chi connectivity index (χ3n) is 2.86. The normalized spacial score (nSPS) is 10.3. The number of amidine groups is 1. The third kappa shape index (κ3) is 3.33. The van der Waals surface area contributed by atoms with Gasteiger partial charge in [0.25, 0.3) is 0 Å². The molecule has 4 N–H and O–H groups in total. The molecule has 0 saturated carbocycles. The Kier molecular flexibility index (Phi) is 4.32. The van der Waals surface area contributed by atoms with Gasteiger partial charge in [-0.1, -0.05) is 24.3 Å². The molecule has 0 aliphatic carbocycles. The summed E-state index contributed by atoms with van der Waals surface area (Å²) >= 11 is 0. The van der Waals surface area contributed by atoms with E-state index in [1.165, 1.54) is 6.07 Å². The van der Waals surface area contributed by atoms with E-state index in [1.54, 1.807) is 36.4 Å². The number of nitrogens with one attached hydrogen (secondary N) is 1. The lowest BCUT2D eigenvalue weighted by atomic mass is 10.1. The van der Waals surface area contributed by atoms with Crippen LogP contribution >= 0.6 is 0 Å². The lowest BCUT2D eigenvalue weighted by molar-refractivity contribution is 0.280. The highest BCUT2D eigenvalue weighted by Crippen LogP contribution is 2.16. The first-order chi connectivity index (χ1) is 9.60. The van der Waals surface area contributed by atoms with Crippen molar-refractivity contribution in [2.24, 2.45) is 5.73 Å². The van der Waals surface area contributed by atoms with Crippen LogP contribution in [0.25, 0.3) is 0 Å². The molecule has 0 unspecified atom stereocenters. The predicted molar refractivity (Wildman–Crippen MR) is 74.1 cm³/mol. The van der Waals surface area contributed by atoms with Gasteiger partial charge in [0.1, 0.15) is 24.0 Å². The average molecular weight is 274 g/mol. The van der Waals surface area contributed by atoms with E-state index in [0.717, 1.165) is 5.56 Å². The molecular formula is C15H15FN2O2. The van der Waals surface area contributed by atoms with Crippen LogP contribution in [0.4, 0.5) is 4.39 Å². The number of nitrogens with two attached hydrogens (primary N) is 1. The van der Waals surface area contributed by atoms with E-state index in [0.29, 0.717) is 16.9 Å². The molecule has 5 heteroatoms.